The number of ether oxygens (including phenoxy) is 1. The van der Waals surface area contributed by atoms with E-state index < -0.39 is 0 Å². The predicted octanol–water partition coefficient (Wildman–Crippen LogP) is 3.65. The maximum Gasteiger partial charge on any atom is 0.258 e. The highest BCUT2D eigenvalue weighted by molar-refractivity contribution is 9.10. The fourth-order valence-corrected chi connectivity index (χ4v) is 3.83. The Morgan fingerprint density at radius 2 is 2.14 bits per heavy atom. The minimum Gasteiger partial charge on any atom is -0.493 e. The molecule has 1 unspecified atom stereocenters. The lowest BCUT2D eigenvalue weighted by atomic mass is 10.0. The van der Waals surface area contributed by atoms with Crippen molar-refractivity contribution in [2.24, 2.45) is 0 Å². The summed E-state index contributed by atoms with van der Waals surface area (Å²) in [5, 5.41) is 3.67. The number of amides is 1. The SMILES string of the molecule is O=C(CCCc1nc2ccccc2c(=O)[nH]1)NC1CCOc2ccc(Br)cc21. The van der Waals surface area contributed by atoms with Gasteiger partial charge in [-0.3, -0.25) is 9.59 Å². The zero-order valence-corrected chi connectivity index (χ0v) is 16.8. The van der Waals surface area contributed by atoms with Crippen molar-refractivity contribution in [2.75, 3.05) is 6.61 Å². The maximum atomic E-state index is 12.4. The van der Waals surface area contributed by atoms with E-state index in [1.54, 1.807) is 6.07 Å². The average Bonchev–Trinajstić information content (AvgIpc) is 2.68. The van der Waals surface area contributed by atoms with E-state index in [4.69, 9.17) is 4.74 Å². The van der Waals surface area contributed by atoms with E-state index in [9.17, 15) is 9.59 Å². The van der Waals surface area contributed by atoms with Crippen molar-refractivity contribution < 1.29 is 9.53 Å². The number of aryl methyl sites for hydroxylation is 1. The number of H-pyrrole nitrogens is 1. The molecule has 7 heteroatoms. The number of aromatic nitrogens is 2. The van der Waals surface area contributed by atoms with Gasteiger partial charge in [0, 0.05) is 29.3 Å². The van der Waals surface area contributed by atoms with E-state index in [0.717, 1.165) is 22.2 Å². The zero-order valence-electron chi connectivity index (χ0n) is 15.2. The molecule has 1 aliphatic heterocycles. The molecular weight excluding hydrogens is 422 g/mol. The molecule has 1 amide bonds. The first-order valence-electron chi connectivity index (χ1n) is 9.30. The molecule has 0 fully saturated rings. The number of aromatic amines is 1. The van der Waals surface area contributed by atoms with Crippen LogP contribution in [-0.2, 0) is 11.2 Å². The molecule has 1 aromatic heterocycles. The van der Waals surface area contributed by atoms with Gasteiger partial charge in [0.05, 0.1) is 23.6 Å². The minimum atomic E-state index is -0.144. The van der Waals surface area contributed by atoms with Crippen molar-refractivity contribution in [3.8, 4) is 5.75 Å². The van der Waals surface area contributed by atoms with E-state index in [1.807, 2.05) is 36.4 Å². The second kappa shape index (κ2) is 8.14. The molecule has 6 nitrogen and oxygen atoms in total. The van der Waals surface area contributed by atoms with Crippen LogP contribution in [0.1, 0.15) is 36.7 Å². The molecule has 4 rings (SSSR count). The highest BCUT2D eigenvalue weighted by atomic mass is 79.9. The second-order valence-electron chi connectivity index (χ2n) is 6.82. The van der Waals surface area contributed by atoms with E-state index in [2.05, 4.69) is 31.2 Å². The molecule has 2 aromatic carbocycles. The van der Waals surface area contributed by atoms with Gasteiger partial charge in [-0.1, -0.05) is 28.1 Å². The van der Waals surface area contributed by atoms with Crippen LogP contribution in [0.25, 0.3) is 10.9 Å². The van der Waals surface area contributed by atoms with Gasteiger partial charge in [0.25, 0.3) is 5.56 Å². The Morgan fingerprint density at radius 1 is 1.29 bits per heavy atom. The van der Waals surface area contributed by atoms with Gasteiger partial charge in [0.2, 0.25) is 5.91 Å². The Kier molecular flexibility index (Phi) is 5.43. The van der Waals surface area contributed by atoms with Crippen LogP contribution < -0.4 is 15.6 Å². The average molecular weight is 442 g/mol. The highest BCUT2D eigenvalue weighted by Gasteiger charge is 2.23. The van der Waals surface area contributed by atoms with Crippen LogP contribution in [0.3, 0.4) is 0 Å². The minimum absolute atomic E-state index is 0.0130. The molecule has 144 valence electrons. The van der Waals surface area contributed by atoms with Crippen molar-refractivity contribution in [1.29, 1.82) is 0 Å². The van der Waals surface area contributed by atoms with E-state index in [-0.39, 0.29) is 17.5 Å². The van der Waals surface area contributed by atoms with Gasteiger partial charge in [0.1, 0.15) is 11.6 Å². The van der Waals surface area contributed by atoms with E-state index >= 15 is 0 Å². The number of nitrogens with zero attached hydrogens (tertiary/aromatic N) is 1. The molecule has 0 aliphatic carbocycles. The molecule has 2 heterocycles. The molecule has 1 aliphatic rings. The predicted molar refractivity (Wildman–Crippen MR) is 110 cm³/mol. The lowest BCUT2D eigenvalue weighted by molar-refractivity contribution is -0.122. The zero-order chi connectivity index (χ0) is 19.5. The summed E-state index contributed by atoms with van der Waals surface area (Å²) in [6.45, 7) is 0.585. The summed E-state index contributed by atoms with van der Waals surface area (Å²) < 4.78 is 6.62. The molecule has 0 radical (unpaired) electrons. The first-order chi connectivity index (χ1) is 13.6. The van der Waals surface area contributed by atoms with Gasteiger partial charge in [-0.15, -0.1) is 0 Å². The molecule has 28 heavy (non-hydrogen) atoms. The van der Waals surface area contributed by atoms with Gasteiger partial charge >= 0.3 is 0 Å². The van der Waals surface area contributed by atoms with E-state index in [1.165, 1.54) is 0 Å². The standard InChI is InChI=1S/C21H20BrN3O3/c22-13-8-9-18-15(12-13)17(10-11-28-18)24-20(26)7-3-6-19-23-16-5-2-1-4-14(16)21(27)25-19/h1-2,4-5,8-9,12,17H,3,6-7,10-11H2,(H,24,26)(H,23,25,27). The number of rotatable bonds is 5. The number of para-hydroxylation sites is 1. The molecule has 0 bridgehead atoms. The number of carbonyl (C=O) groups is 1. The fourth-order valence-electron chi connectivity index (χ4n) is 3.45. The lowest BCUT2D eigenvalue weighted by Gasteiger charge is -2.27. The largest absolute Gasteiger partial charge is 0.493 e. The van der Waals surface area contributed by atoms with Crippen LogP contribution in [0, 0.1) is 0 Å². The quantitative estimate of drug-likeness (QED) is 0.632. The number of hydrogen-bond donors (Lipinski definition) is 2. The van der Waals surface area contributed by atoms with Crippen LogP contribution in [-0.4, -0.2) is 22.5 Å². The van der Waals surface area contributed by atoms with Gasteiger partial charge in [-0.05, 0) is 36.8 Å². The third-order valence-electron chi connectivity index (χ3n) is 4.83. The summed E-state index contributed by atoms with van der Waals surface area (Å²) in [6, 6.07) is 13.0. The molecular formula is C21H20BrN3O3. The van der Waals surface area contributed by atoms with Crippen LogP contribution in [0.4, 0.5) is 0 Å². The Morgan fingerprint density at radius 3 is 3.04 bits per heavy atom. The third kappa shape index (κ3) is 4.09. The second-order valence-corrected chi connectivity index (χ2v) is 7.74. The van der Waals surface area contributed by atoms with Gasteiger partial charge < -0.3 is 15.0 Å². The molecule has 3 aromatic rings. The van der Waals surface area contributed by atoms with Gasteiger partial charge in [-0.25, -0.2) is 4.98 Å². The summed E-state index contributed by atoms with van der Waals surface area (Å²) in [7, 11) is 0. The Bertz CT molecular complexity index is 1080. The third-order valence-corrected chi connectivity index (χ3v) is 5.32. The monoisotopic (exact) mass is 441 g/mol. The molecule has 0 spiro atoms. The Balaban J connectivity index is 1.36. The van der Waals surface area contributed by atoms with E-state index in [0.29, 0.717) is 42.6 Å². The summed E-state index contributed by atoms with van der Waals surface area (Å²) in [5.41, 5.74) is 1.53. The summed E-state index contributed by atoms with van der Waals surface area (Å²) in [5.74, 6) is 1.41. The van der Waals surface area contributed by atoms with Crippen LogP contribution in [0.15, 0.2) is 51.7 Å². The maximum absolute atomic E-state index is 12.4. The smallest absolute Gasteiger partial charge is 0.258 e. The number of carbonyl (C=O) groups excluding carboxylic acids is 1. The first-order valence-corrected chi connectivity index (χ1v) is 10.1. The summed E-state index contributed by atoms with van der Waals surface area (Å²) in [6.07, 6.45) is 2.27. The number of fused-ring (bicyclic) bond motifs is 2. The number of hydrogen-bond acceptors (Lipinski definition) is 4. The van der Waals surface area contributed by atoms with Crippen molar-refractivity contribution >= 4 is 32.7 Å². The summed E-state index contributed by atoms with van der Waals surface area (Å²) >= 11 is 3.47. The molecule has 2 N–H and O–H groups in total. The van der Waals surface area contributed by atoms with Crippen molar-refractivity contribution in [3.05, 3.63) is 68.7 Å². The number of halogens is 1. The molecule has 1 atom stereocenters. The Hall–Kier alpha value is -2.67. The number of benzene rings is 2. The highest BCUT2D eigenvalue weighted by Crippen LogP contribution is 2.34. The topological polar surface area (TPSA) is 84.1 Å². The van der Waals surface area contributed by atoms with Crippen molar-refractivity contribution in [2.45, 2.75) is 31.7 Å². The molecule has 0 saturated carbocycles. The normalized spacial score (nSPS) is 15.7. The first kappa shape index (κ1) is 18.7. The summed E-state index contributed by atoms with van der Waals surface area (Å²) in [4.78, 5) is 31.8. The van der Waals surface area contributed by atoms with Crippen LogP contribution in [0.2, 0.25) is 0 Å². The van der Waals surface area contributed by atoms with Crippen LogP contribution >= 0.6 is 15.9 Å². The lowest BCUT2D eigenvalue weighted by Crippen LogP contribution is -2.32. The molecule has 0 saturated heterocycles. The number of nitrogens with one attached hydrogen (secondary N) is 2. The Labute approximate surface area is 170 Å². The van der Waals surface area contributed by atoms with Crippen molar-refractivity contribution in [1.82, 2.24) is 15.3 Å². The van der Waals surface area contributed by atoms with Gasteiger partial charge in [0.15, 0.2) is 0 Å². The van der Waals surface area contributed by atoms with Crippen LogP contribution in [0.5, 0.6) is 5.75 Å². The fraction of sp³-hybridized carbons (Fsp3) is 0.286. The van der Waals surface area contributed by atoms with Crippen molar-refractivity contribution in [3.63, 3.8) is 0 Å². The van der Waals surface area contributed by atoms with Gasteiger partial charge in [-0.2, -0.15) is 0 Å².